The summed E-state index contributed by atoms with van der Waals surface area (Å²) < 4.78 is 0.881. The highest BCUT2D eigenvalue weighted by Crippen LogP contribution is 2.17. The Hall–Kier alpha value is -0.860. The van der Waals surface area contributed by atoms with E-state index in [4.69, 9.17) is 0 Å². The lowest BCUT2D eigenvalue weighted by atomic mass is 10.1. The molecule has 0 aliphatic heterocycles. The van der Waals surface area contributed by atoms with E-state index in [2.05, 4.69) is 57.6 Å². The largest absolute Gasteiger partial charge is 0.313 e. The molecule has 0 unspecified atom stereocenters. The lowest BCUT2D eigenvalue weighted by Crippen LogP contribution is -2.34. The zero-order chi connectivity index (χ0) is 16.3. The first-order valence-electron chi connectivity index (χ1n) is 9.15. The van der Waals surface area contributed by atoms with E-state index in [1.54, 1.807) is 0 Å². The van der Waals surface area contributed by atoms with Gasteiger partial charge in [0, 0.05) is 6.54 Å². The van der Waals surface area contributed by atoms with Gasteiger partial charge in [-0.3, -0.25) is 4.48 Å². The molecule has 2 nitrogen and oxygen atoms in total. The normalized spacial score (nSPS) is 11.8. The molecule has 0 amide bonds. The predicted molar refractivity (Wildman–Crippen MR) is 100 cm³/mol. The molecule has 0 bridgehead atoms. The van der Waals surface area contributed by atoms with Crippen molar-refractivity contribution >= 4 is 5.69 Å². The van der Waals surface area contributed by atoms with Crippen molar-refractivity contribution in [2.75, 3.05) is 27.7 Å². The van der Waals surface area contributed by atoms with Crippen LogP contribution in [0.25, 0.3) is 0 Å². The first kappa shape index (κ1) is 19.2. The number of nitrogens with one attached hydrogen (secondary N) is 1. The summed E-state index contributed by atoms with van der Waals surface area (Å²) in [6, 6.07) is 8.99. The summed E-state index contributed by atoms with van der Waals surface area (Å²) in [5.74, 6) is 0. The smallest absolute Gasteiger partial charge is 0.132 e. The van der Waals surface area contributed by atoms with E-state index in [0.717, 1.165) is 17.6 Å². The number of nitrogens with zero attached hydrogens (tertiary/aromatic N) is 1. The highest BCUT2D eigenvalue weighted by atomic mass is 15.3. The van der Waals surface area contributed by atoms with Gasteiger partial charge in [-0.1, -0.05) is 64.0 Å². The predicted octanol–water partition coefficient (Wildman–Crippen LogP) is 5.11. The first-order valence-corrected chi connectivity index (χ1v) is 9.15. The average Bonchev–Trinajstić information content (AvgIpc) is 2.49. The molecule has 0 aliphatic carbocycles. The van der Waals surface area contributed by atoms with Crippen molar-refractivity contribution in [3.63, 3.8) is 0 Å². The Kier molecular flexibility index (Phi) is 9.42. The van der Waals surface area contributed by atoms with Crippen LogP contribution in [-0.4, -0.2) is 27.7 Å². The van der Waals surface area contributed by atoms with Crippen molar-refractivity contribution in [2.24, 2.45) is 0 Å². The molecule has 1 aromatic rings. The van der Waals surface area contributed by atoms with Gasteiger partial charge in [-0.2, -0.15) is 0 Å². The van der Waals surface area contributed by atoms with Crippen LogP contribution in [0.2, 0.25) is 0 Å². The summed E-state index contributed by atoms with van der Waals surface area (Å²) >= 11 is 0. The maximum Gasteiger partial charge on any atom is 0.132 e. The Morgan fingerprint density at radius 1 is 0.773 bits per heavy atom. The summed E-state index contributed by atoms with van der Waals surface area (Å²) in [7, 11) is 6.61. The van der Waals surface area contributed by atoms with Gasteiger partial charge in [-0.25, -0.2) is 0 Å². The number of rotatable bonds is 12. The van der Waals surface area contributed by atoms with Crippen molar-refractivity contribution in [3.05, 3.63) is 29.8 Å². The monoisotopic (exact) mass is 305 g/mol. The van der Waals surface area contributed by atoms with E-state index in [0.29, 0.717) is 0 Å². The third-order valence-corrected chi connectivity index (χ3v) is 4.25. The molecule has 22 heavy (non-hydrogen) atoms. The zero-order valence-corrected chi connectivity index (χ0v) is 15.3. The SMILES string of the molecule is CCCCCCCCCCNCc1ccc([N+](C)(C)C)cc1. The Balaban J connectivity index is 2.03. The number of unbranched alkanes of at least 4 members (excludes halogenated alkanes) is 7. The van der Waals surface area contributed by atoms with Crippen LogP contribution in [0.1, 0.15) is 63.9 Å². The Labute approximate surface area is 138 Å². The van der Waals surface area contributed by atoms with E-state index in [1.165, 1.54) is 62.6 Å². The fourth-order valence-electron chi connectivity index (χ4n) is 2.68. The van der Waals surface area contributed by atoms with E-state index >= 15 is 0 Å². The van der Waals surface area contributed by atoms with Gasteiger partial charge in [0.1, 0.15) is 5.69 Å². The summed E-state index contributed by atoms with van der Waals surface area (Å²) in [6.45, 7) is 4.42. The van der Waals surface area contributed by atoms with E-state index in [-0.39, 0.29) is 0 Å². The van der Waals surface area contributed by atoms with Crippen LogP contribution in [0.5, 0.6) is 0 Å². The summed E-state index contributed by atoms with van der Waals surface area (Å²) in [4.78, 5) is 0. The van der Waals surface area contributed by atoms with Crippen molar-refractivity contribution in [2.45, 2.75) is 64.8 Å². The van der Waals surface area contributed by atoms with Crippen LogP contribution >= 0.6 is 0 Å². The van der Waals surface area contributed by atoms with Crippen molar-refractivity contribution < 1.29 is 0 Å². The van der Waals surface area contributed by atoms with Gasteiger partial charge < -0.3 is 5.32 Å². The molecule has 0 atom stereocenters. The number of hydrogen-bond donors (Lipinski definition) is 1. The van der Waals surface area contributed by atoms with Gasteiger partial charge in [0.2, 0.25) is 0 Å². The third kappa shape index (κ3) is 8.55. The molecule has 1 rings (SSSR count). The molecule has 2 heteroatoms. The lowest BCUT2D eigenvalue weighted by molar-refractivity contribution is 0.486. The van der Waals surface area contributed by atoms with Gasteiger partial charge in [0.05, 0.1) is 21.1 Å². The summed E-state index contributed by atoms with van der Waals surface area (Å²) in [5.41, 5.74) is 2.74. The first-order chi connectivity index (χ1) is 10.5. The highest BCUT2D eigenvalue weighted by molar-refractivity contribution is 5.42. The van der Waals surface area contributed by atoms with Crippen LogP contribution in [0, 0.1) is 0 Å². The summed E-state index contributed by atoms with van der Waals surface area (Å²) in [5, 5.41) is 3.57. The third-order valence-electron chi connectivity index (χ3n) is 4.25. The lowest BCUT2D eigenvalue weighted by Gasteiger charge is -2.23. The van der Waals surface area contributed by atoms with Gasteiger partial charge in [-0.05, 0) is 30.7 Å². The van der Waals surface area contributed by atoms with Gasteiger partial charge in [0.25, 0.3) is 0 Å². The van der Waals surface area contributed by atoms with Gasteiger partial charge >= 0.3 is 0 Å². The second kappa shape index (κ2) is 10.8. The van der Waals surface area contributed by atoms with Crippen LogP contribution in [0.3, 0.4) is 0 Å². The molecule has 0 spiro atoms. The molecular weight excluding hydrogens is 268 g/mol. The summed E-state index contributed by atoms with van der Waals surface area (Å²) in [6.07, 6.45) is 11.1. The number of quaternary nitrogens is 1. The second-order valence-corrected chi connectivity index (χ2v) is 7.33. The van der Waals surface area contributed by atoms with Crippen molar-refractivity contribution in [1.82, 2.24) is 9.80 Å². The fraction of sp³-hybridized carbons (Fsp3) is 0.700. The minimum Gasteiger partial charge on any atom is -0.313 e. The maximum atomic E-state index is 3.57. The second-order valence-electron chi connectivity index (χ2n) is 7.33. The maximum absolute atomic E-state index is 3.57. The van der Waals surface area contributed by atoms with Crippen LogP contribution in [0.4, 0.5) is 5.69 Å². The molecule has 1 N–H and O–H groups in total. The molecule has 1 aromatic carbocycles. The Morgan fingerprint density at radius 3 is 1.86 bits per heavy atom. The van der Waals surface area contributed by atoms with Crippen molar-refractivity contribution in [1.29, 1.82) is 0 Å². The van der Waals surface area contributed by atoms with Crippen molar-refractivity contribution in [3.8, 4) is 0 Å². The van der Waals surface area contributed by atoms with Crippen LogP contribution < -0.4 is 9.80 Å². The molecule has 0 radical (unpaired) electrons. The molecule has 0 aromatic heterocycles. The van der Waals surface area contributed by atoms with E-state index < -0.39 is 0 Å². The Morgan fingerprint density at radius 2 is 1.32 bits per heavy atom. The zero-order valence-electron chi connectivity index (χ0n) is 15.3. The van der Waals surface area contributed by atoms with Crippen LogP contribution in [0.15, 0.2) is 24.3 Å². The molecule has 0 saturated carbocycles. The molecular formula is C20H37N2+. The van der Waals surface area contributed by atoms with Crippen LogP contribution in [-0.2, 0) is 6.54 Å². The minimum absolute atomic E-state index is 0.881. The minimum atomic E-state index is 0.881. The van der Waals surface area contributed by atoms with Gasteiger partial charge in [-0.15, -0.1) is 0 Å². The van der Waals surface area contributed by atoms with E-state index in [9.17, 15) is 0 Å². The highest BCUT2D eigenvalue weighted by Gasteiger charge is 2.10. The average molecular weight is 306 g/mol. The molecule has 126 valence electrons. The molecule has 0 heterocycles. The van der Waals surface area contributed by atoms with Gasteiger partial charge in [0.15, 0.2) is 0 Å². The Bertz CT molecular complexity index is 376. The number of hydrogen-bond acceptors (Lipinski definition) is 1. The molecule has 0 aliphatic rings. The quantitative estimate of drug-likeness (QED) is 0.418. The molecule has 0 saturated heterocycles. The molecule has 0 fully saturated rings. The fourth-order valence-corrected chi connectivity index (χ4v) is 2.68. The topological polar surface area (TPSA) is 12.0 Å². The number of benzene rings is 1. The van der Waals surface area contributed by atoms with E-state index in [1.807, 2.05) is 0 Å². The standard InChI is InChI=1S/C20H37N2/c1-5-6-7-8-9-10-11-12-17-21-18-19-13-15-20(16-14-19)22(2,3)4/h13-16,21H,5-12,17-18H2,1-4H3/q+1.